The lowest BCUT2D eigenvalue weighted by Crippen LogP contribution is -2.15. The quantitative estimate of drug-likeness (QED) is 0.641. The number of aromatic amines is 1. The molecule has 1 aliphatic rings. The Kier molecular flexibility index (Phi) is 2.26. The van der Waals surface area contributed by atoms with Crippen molar-refractivity contribution in [2.75, 3.05) is 7.05 Å². The minimum atomic E-state index is 0.999. The summed E-state index contributed by atoms with van der Waals surface area (Å²) in [5.74, 6) is 0. The summed E-state index contributed by atoms with van der Waals surface area (Å²) in [6.45, 7) is 2.01. The molecule has 1 aromatic heterocycles. The zero-order valence-corrected chi connectivity index (χ0v) is 11.0. The molecule has 2 heterocycles. The molecule has 19 heavy (non-hydrogen) atoms. The number of rotatable bonds is 0. The highest BCUT2D eigenvalue weighted by Crippen LogP contribution is 2.35. The van der Waals surface area contributed by atoms with Crippen molar-refractivity contribution in [3.8, 4) is 11.1 Å². The molecule has 2 nitrogen and oxygen atoms in total. The number of hydrogen-bond acceptors (Lipinski definition) is 1. The van der Waals surface area contributed by atoms with E-state index >= 15 is 0 Å². The van der Waals surface area contributed by atoms with Crippen LogP contribution in [0.25, 0.3) is 22.0 Å². The molecule has 4 rings (SSSR count). The van der Waals surface area contributed by atoms with Gasteiger partial charge in [-0.05, 0) is 41.4 Å². The van der Waals surface area contributed by atoms with Gasteiger partial charge in [0.2, 0.25) is 0 Å². The van der Waals surface area contributed by atoms with E-state index in [9.17, 15) is 0 Å². The van der Waals surface area contributed by atoms with Crippen LogP contribution in [0.3, 0.4) is 0 Å². The van der Waals surface area contributed by atoms with Gasteiger partial charge >= 0.3 is 0 Å². The third kappa shape index (κ3) is 1.60. The highest BCUT2D eigenvalue weighted by atomic mass is 15.1. The third-order valence-corrected chi connectivity index (χ3v) is 4.02. The van der Waals surface area contributed by atoms with E-state index < -0.39 is 0 Å². The minimum absolute atomic E-state index is 0.999. The van der Waals surface area contributed by atoms with E-state index in [4.69, 9.17) is 0 Å². The van der Waals surface area contributed by atoms with Crippen molar-refractivity contribution in [2.24, 2.45) is 0 Å². The molecule has 0 aliphatic carbocycles. The smallest absolute Gasteiger partial charge is 0.0457 e. The fourth-order valence-electron chi connectivity index (χ4n) is 3.16. The number of benzene rings is 2. The van der Waals surface area contributed by atoms with E-state index in [1.165, 1.54) is 33.2 Å². The van der Waals surface area contributed by atoms with Gasteiger partial charge in [-0.1, -0.05) is 30.3 Å². The van der Waals surface area contributed by atoms with Crippen LogP contribution < -0.4 is 0 Å². The predicted octanol–water partition coefficient (Wildman–Crippen LogP) is 3.78. The van der Waals surface area contributed by atoms with Gasteiger partial charge in [0.25, 0.3) is 0 Å². The van der Waals surface area contributed by atoms with Crippen LogP contribution in [0.5, 0.6) is 0 Å². The number of aromatic nitrogens is 1. The molecule has 2 aromatic carbocycles. The van der Waals surface area contributed by atoms with Gasteiger partial charge in [-0.15, -0.1) is 0 Å². The first-order valence-corrected chi connectivity index (χ1v) is 6.69. The van der Waals surface area contributed by atoms with Gasteiger partial charge < -0.3 is 4.98 Å². The van der Waals surface area contributed by atoms with Crippen molar-refractivity contribution in [2.45, 2.75) is 13.1 Å². The highest BCUT2D eigenvalue weighted by molar-refractivity contribution is 5.90. The summed E-state index contributed by atoms with van der Waals surface area (Å²) in [5.41, 5.74) is 6.84. The Labute approximate surface area is 112 Å². The van der Waals surface area contributed by atoms with Gasteiger partial charge in [-0.2, -0.15) is 0 Å². The number of nitrogens with zero attached hydrogens (tertiary/aromatic N) is 1. The van der Waals surface area contributed by atoms with Gasteiger partial charge in [0.05, 0.1) is 0 Å². The van der Waals surface area contributed by atoms with E-state index in [0.29, 0.717) is 0 Å². The van der Waals surface area contributed by atoms with Crippen LogP contribution in [0, 0.1) is 0 Å². The summed E-state index contributed by atoms with van der Waals surface area (Å²) in [5, 5.41) is 1.35. The maximum atomic E-state index is 3.31. The fraction of sp³-hybridized carbons (Fsp3) is 0.176. The van der Waals surface area contributed by atoms with Gasteiger partial charge in [0, 0.05) is 30.2 Å². The summed E-state index contributed by atoms with van der Waals surface area (Å²) in [4.78, 5) is 5.70. The van der Waals surface area contributed by atoms with Crippen LogP contribution >= 0.6 is 0 Å². The first-order chi connectivity index (χ1) is 9.33. The normalized spacial score (nSPS) is 15.0. The Morgan fingerprint density at radius 2 is 1.84 bits per heavy atom. The number of hydrogen-bond donors (Lipinski definition) is 1. The summed E-state index contributed by atoms with van der Waals surface area (Å²) in [7, 11) is 2.19. The van der Waals surface area contributed by atoms with Crippen molar-refractivity contribution < 1.29 is 0 Å². The first kappa shape index (κ1) is 10.8. The lowest BCUT2D eigenvalue weighted by molar-refractivity contribution is 0.324. The molecule has 2 heteroatoms. The van der Waals surface area contributed by atoms with Crippen LogP contribution in [0.15, 0.2) is 48.7 Å². The van der Waals surface area contributed by atoms with E-state index in [-0.39, 0.29) is 0 Å². The summed E-state index contributed by atoms with van der Waals surface area (Å²) in [6, 6.07) is 15.4. The summed E-state index contributed by atoms with van der Waals surface area (Å²) >= 11 is 0. The summed E-state index contributed by atoms with van der Waals surface area (Å²) < 4.78 is 0. The van der Waals surface area contributed by atoms with Crippen molar-refractivity contribution >= 4 is 10.9 Å². The molecule has 1 N–H and O–H groups in total. The van der Waals surface area contributed by atoms with Crippen LogP contribution in [-0.2, 0) is 13.1 Å². The fourth-order valence-corrected chi connectivity index (χ4v) is 3.16. The summed E-state index contributed by atoms with van der Waals surface area (Å²) in [6.07, 6.45) is 2.03. The number of fused-ring (bicyclic) bond motifs is 5. The second-order valence-corrected chi connectivity index (χ2v) is 5.36. The Balaban J connectivity index is 2.09. The molecule has 0 radical (unpaired) electrons. The molecular weight excluding hydrogens is 232 g/mol. The zero-order chi connectivity index (χ0) is 12.8. The predicted molar refractivity (Wildman–Crippen MR) is 78.9 cm³/mol. The molecule has 0 saturated heterocycles. The monoisotopic (exact) mass is 248 g/mol. The van der Waals surface area contributed by atoms with Crippen LogP contribution in [-0.4, -0.2) is 16.9 Å². The lowest BCUT2D eigenvalue weighted by Gasteiger charge is -2.14. The molecule has 0 amide bonds. The molecule has 0 spiro atoms. The topological polar surface area (TPSA) is 19.0 Å². The average molecular weight is 248 g/mol. The van der Waals surface area contributed by atoms with E-state index in [2.05, 4.69) is 59.4 Å². The Morgan fingerprint density at radius 3 is 2.79 bits per heavy atom. The molecule has 1 aliphatic heterocycles. The molecule has 3 aromatic rings. The van der Waals surface area contributed by atoms with Gasteiger partial charge in [-0.3, -0.25) is 4.90 Å². The van der Waals surface area contributed by atoms with Crippen molar-refractivity contribution in [3.05, 3.63) is 59.8 Å². The highest BCUT2D eigenvalue weighted by Gasteiger charge is 2.18. The molecular formula is C17H16N2. The first-order valence-electron chi connectivity index (χ1n) is 6.69. The second kappa shape index (κ2) is 3.97. The van der Waals surface area contributed by atoms with Gasteiger partial charge in [0.1, 0.15) is 0 Å². The van der Waals surface area contributed by atoms with Crippen LogP contribution in [0.2, 0.25) is 0 Å². The largest absolute Gasteiger partial charge is 0.361 e. The molecule has 94 valence electrons. The number of H-pyrrole nitrogens is 1. The van der Waals surface area contributed by atoms with Crippen LogP contribution in [0.4, 0.5) is 0 Å². The maximum absolute atomic E-state index is 3.31. The van der Waals surface area contributed by atoms with Gasteiger partial charge in [-0.25, -0.2) is 0 Å². The number of nitrogens with one attached hydrogen (secondary N) is 1. The lowest BCUT2D eigenvalue weighted by atomic mass is 9.95. The zero-order valence-electron chi connectivity index (χ0n) is 11.0. The Hall–Kier alpha value is -2.06. The SMILES string of the molecule is CN1Cc2ccccc2-c2ccc3[nH]ccc3c2C1. The Morgan fingerprint density at radius 1 is 0.947 bits per heavy atom. The maximum Gasteiger partial charge on any atom is 0.0457 e. The molecule has 0 atom stereocenters. The van der Waals surface area contributed by atoms with Crippen molar-refractivity contribution in [1.29, 1.82) is 0 Å². The Bertz CT molecular complexity index is 755. The third-order valence-electron chi connectivity index (χ3n) is 4.02. The van der Waals surface area contributed by atoms with Crippen molar-refractivity contribution in [1.82, 2.24) is 9.88 Å². The van der Waals surface area contributed by atoms with Crippen LogP contribution in [0.1, 0.15) is 11.1 Å². The van der Waals surface area contributed by atoms with E-state index in [1.807, 2.05) is 6.20 Å². The second-order valence-electron chi connectivity index (χ2n) is 5.36. The van der Waals surface area contributed by atoms with Crippen molar-refractivity contribution in [3.63, 3.8) is 0 Å². The van der Waals surface area contributed by atoms with E-state index in [1.54, 1.807) is 0 Å². The average Bonchev–Trinajstić information content (AvgIpc) is 2.83. The molecule has 0 bridgehead atoms. The molecule has 0 fully saturated rings. The molecule has 0 saturated carbocycles. The molecule has 0 unspecified atom stereocenters. The standard InChI is InChI=1S/C17H16N2/c1-19-10-12-4-2-3-5-13(12)14-6-7-17-15(8-9-18-17)16(14)11-19/h2-9,18H,10-11H2,1H3. The van der Waals surface area contributed by atoms with Gasteiger partial charge in [0.15, 0.2) is 0 Å². The minimum Gasteiger partial charge on any atom is -0.361 e. The van der Waals surface area contributed by atoms with E-state index in [0.717, 1.165) is 13.1 Å².